The third-order valence-electron chi connectivity index (χ3n) is 6.33. The lowest BCUT2D eigenvalue weighted by Gasteiger charge is -2.27. The number of nitrogens with zero attached hydrogens (tertiary/aromatic N) is 1. The number of likely N-dealkylation sites (N-methyl/N-ethyl adjacent to an activating group) is 1. The van der Waals surface area contributed by atoms with Crippen LogP contribution in [0, 0.1) is 0 Å². The fourth-order valence-electron chi connectivity index (χ4n) is 4.01. The molecular formula is C28H42N6O10. The summed E-state index contributed by atoms with van der Waals surface area (Å²) in [6.07, 6.45) is -0.796. The smallest absolute Gasteiger partial charge is 0.305 e. The zero-order chi connectivity index (χ0) is 33.2. The van der Waals surface area contributed by atoms with Gasteiger partial charge in [-0.1, -0.05) is 30.3 Å². The van der Waals surface area contributed by atoms with E-state index in [9.17, 15) is 43.8 Å². The second-order valence-corrected chi connectivity index (χ2v) is 10.2. The topological polar surface area (TPSA) is 258 Å². The minimum Gasteiger partial charge on any atom is -0.481 e. The molecule has 0 radical (unpaired) electrons. The van der Waals surface area contributed by atoms with Gasteiger partial charge in [0.2, 0.25) is 29.5 Å². The van der Waals surface area contributed by atoms with Crippen molar-refractivity contribution in [3.05, 3.63) is 35.9 Å². The van der Waals surface area contributed by atoms with Gasteiger partial charge in [-0.2, -0.15) is 0 Å². The summed E-state index contributed by atoms with van der Waals surface area (Å²) in [6, 6.07) is 3.38. The molecule has 0 saturated heterocycles. The highest BCUT2D eigenvalue weighted by atomic mass is 16.4. The van der Waals surface area contributed by atoms with Gasteiger partial charge in [-0.15, -0.1) is 0 Å². The van der Waals surface area contributed by atoms with Gasteiger partial charge in [-0.25, -0.2) is 0 Å². The van der Waals surface area contributed by atoms with E-state index < -0.39 is 91.5 Å². The first-order valence-electron chi connectivity index (χ1n) is 14.0. The van der Waals surface area contributed by atoms with Crippen molar-refractivity contribution in [1.82, 2.24) is 26.2 Å². The summed E-state index contributed by atoms with van der Waals surface area (Å²) in [5, 5.41) is 37.0. The van der Waals surface area contributed by atoms with Gasteiger partial charge in [-0.05, 0) is 31.4 Å². The van der Waals surface area contributed by atoms with E-state index in [4.69, 9.17) is 10.8 Å². The Morgan fingerprint density at radius 1 is 0.750 bits per heavy atom. The van der Waals surface area contributed by atoms with E-state index in [-0.39, 0.29) is 12.8 Å². The number of carboxylic acid groups (broad SMARTS) is 2. The summed E-state index contributed by atoms with van der Waals surface area (Å²) in [5.41, 5.74) is 6.34. The number of rotatable bonds is 20. The number of amides is 5. The van der Waals surface area contributed by atoms with Crippen LogP contribution in [-0.4, -0.2) is 113 Å². The van der Waals surface area contributed by atoms with Gasteiger partial charge in [0.25, 0.3) is 0 Å². The maximum Gasteiger partial charge on any atom is 0.305 e. The van der Waals surface area contributed by atoms with E-state index in [1.165, 1.54) is 19.0 Å². The Labute approximate surface area is 254 Å². The number of benzene rings is 1. The van der Waals surface area contributed by atoms with Gasteiger partial charge < -0.3 is 47.2 Å². The van der Waals surface area contributed by atoms with Gasteiger partial charge in [-0.3, -0.25) is 33.6 Å². The van der Waals surface area contributed by atoms with Gasteiger partial charge in [0.1, 0.15) is 24.2 Å². The predicted octanol–water partition coefficient (Wildman–Crippen LogP) is -2.28. The molecule has 4 atom stereocenters. The molecule has 1 aromatic rings. The van der Waals surface area contributed by atoms with Gasteiger partial charge in [0.15, 0.2) is 0 Å². The monoisotopic (exact) mass is 622 g/mol. The number of aliphatic hydroxyl groups excluding tert-OH is 1. The minimum atomic E-state index is -1.72. The Bertz CT molecular complexity index is 1150. The number of hydrogen-bond acceptors (Lipinski definition) is 9. The largest absolute Gasteiger partial charge is 0.481 e. The molecule has 0 unspecified atom stereocenters. The van der Waals surface area contributed by atoms with Gasteiger partial charge >= 0.3 is 11.9 Å². The first kappa shape index (κ1) is 37.5. The molecule has 1 rings (SSSR count). The SMILES string of the molecule is CN(C)C(=O)[C@H](Cc1ccccc1)NC(=O)[C@H](CCCCN)NC(=O)[C@H](CC(=O)O)NC(=O)[C@H](CO)NC(=O)CCC(=O)O. The number of carboxylic acids is 2. The van der Waals surface area contributed by atoms with E-state index in [1.807, 2.05) is 0 Å². The summed E-state index contributed by atoms with van der Waals surface area (Å²) in [6.45, 7) is -0.630. The molecule has 0 bridgehead atoms. The number of hydrogen-bond donors (Lipinski definition) is 8. The highest BCUT2D eigenvalue weighted by Gasteiger charge is 2.32. The van der Waals surface area contributed by atoms with Crippen LogP contribution in [0.4, 0.5) is 0 Å². The molecule has 0 fully saturated rings. The third kappa shape index (κ3) is 14.1. The maximum atomic E-state index is 13.4. The average Bonchev–Trinajstić information content (AvgIpc) is 2.97. The number of aliphatic carboxylic acids is 2. The molecule has 0 spiro atoms. The van der Waals surface area contributed by atoms with Crippen LogP contribution in [-0.2, 0) is 40.0 Å². The molecule has 0 aliphatic heterocycles. The van der Waals surface area contributed by atoms with Crippen LogP contribution in [0.2, 0.25) is 0 Å². The molecule has 5 amide bonds. The molecule has 16 nitrogen and oxygen atoms in total. The lowest BCUT2D eigenvalue weighted by Crippen LogP contribution is -2.59. The van der Waals surface area contributed by atoms with Crippen LogP contribution in [0.5, 0.6) is 0 Å². The zero-order valence-electron chi connectivity index (χ0n) is 24.8. The molecule has 244 valence electrons. The quantitative estimate of drug-likeness (QED) is 0.0718. The summed E-state index contributed by atoms with van der Waals surface area (Å²) >= 11 is 0. The van der Waals surface area contributed by atoms with E-state index in [0.29, 0.717) is 19.4 Å². The van der Waals surface area contributed by atoms with Crippen LogP contribution >= 0.6 is 0 Å². The van der Waals surface area contributed by atoms with Crippen LogP contribution in [0.25, 0.3) is 0 Å². The van der Waals surface area contributed by atoms with Crippen LogP contribution in [0.3, 0.4) is 0 Å². The number of nitrogens with two attached hydrogens (primary N) is 1. The molecule has 9 N–H and O–H groups in total. The Kier molecular flexibility index (Phi) is 16.7. The molecule has 0 saturated carbocycles. The number of carbonyl (C=O) groups is 7. The summed E-state index contributed by atoms with van der Waals surface area (Å²) < 4.78 is 0. The Hall–Kier alpha value is -4.57. The average molecular weight is 623 g/mol. The second-order valence-electron chi connectivity index (χ2n) is 10.2. The molecule has 1 aromatic carbocycles. The maximum absolute atomic E-state index is 13.4. The van der Waals surface area contributed by atoms with Crippen molar-refractivity contribution in [1.29, 1.82) is 0 Å². The highest BCUT2D eigenvalue weighted by Crippen LogP contribution is 2.08. The van der Waals surface area contributed by atoms with Crippen LogP contribution < -0.4 is 27.0 Å². The van der Waals surface area contributed by atoms with Crippen molar-refractivity contribution >= 4 is 41.5 Å². The highest BCUT2D eigenvalue weighted by molar-refractivity contribution is 5.97. The Morgan fingerprint density at radius 2 is 1.32 bits per heavy atom. The first-order valence-corrected chi connectivity index (χ1v) is 14.0. The molecule has 0 heterocycles. The second kappa shape index (κ2) is 19.6. The molecule has 16 heteroatoms. The van der Waals surface area contributed by atoms with Crippen molar-refractivity contribution < 1.29 is 48.9 Å². The molecule has 0 aliphatic rings. The fraction of sp³-hybridized carbons (Fsp3) is 0.536. The molecule has 0 aromatic heterocycles. The van der Waals surface area contributed by atoms with Crippen LogP contribution in [0.15, 0.2) is 30.3 Å². The van der Waals surface area contributed by atoms with E-state index in [1.54, 1.807) is 30.3 Å². The summed E-state index contributed by atoms with van der Waals surface area (Å²) in [5.74, 6) is -6.86. The van der Waals surface area contributed by atoms with Crippen molar-refractivity contribution in [3.63, 3.8) is 0 Å². The van der Waals surface area contributed by atoms with E-state index in [2.05, 4.69) is 21.3 Å². The Morgan fingerprint density at radius 3 is 1.86 bits per heavy atom. The predicted molar refractivity (Wildman–Crippen MR) is 156 cm³/mol. The van der Waals surface area contributed by atoms with Crippen molar-refractivity contribution in [2.24, 2.45) is 5.73 Å². The van der Waals surface area contributed by atoms with Gasteiger partial charge in [0.05, 0.1) is 19.4 Å². The number of nitrogens with one attached hydrogen (secondary N) is 4. The minimum absolute atomic E-state index is 0.0790. The standard InChI is InChI=1S/C28H42N6O10/c1-34(2)28(44)20(14-17-8-4-3-5-9-17)33-25(41)18(10-6-7-13-29)31-26(42)19(15-24(39)40)32-27(43)21(16-35)30-22(36)11-12-23(37)38/h3-5,8-9,18-21,35H,6-7,10-16,29H2,1-2H3,(H,30,36)(H,31,42)(H,32,43)(H,33,41)(H,37,38)(H,39,40)/t18-,19-,20-,21-/m0/s1. The summed E-state index contributed by atoms with van der Waals surface area (Å²) in [7, 11) is 3.06. The zero-order valence-corrected chi connectivity index (χ0v) is 24.8. The number of unbranched alkanes of at least 4 members (excludes halogenated alkanes) is 1. The van der Waals surface area contributed by atoms with Crippen molar-refractivity contribution in [2.45, 2.75) is 69.1 Å². The molecule has 0 aliphatic carbocycles. The van der Waals surface area contributed by atoms with E-state index in [0.717, 1.165) is 5.56 Å². The molecular weight excluding hydrogens is 580 g/mol. The molecule has 44 heavy (non-hydrogen) atoms. The lowest BCUT2D eigenvalue weighted by molar-refractivity contribution is -0.142. The Balaban J connectivity index is 3.12. The van der Waals surface area contributed by atoms with Crippen LogP contribution in [0.1, 0.15) is 44.1 Å². The fourth-order valence-corrected chi connectivity index (χ4v) is 4.01. The first-order chi connectivity index (χ1) is 20.8. The number of aliphatic hydroxyl groups is 1. The van der Waals surface area contributed by atoms with Crippen molar-refractivity contribution in [2.75, 3.05) is 27.2 Å². The van der Waals surface area contributed by atoms with Crippen molar-refractivity contribution in [3.8, 4) is 0 Å². The van der Waals surface area contributed by atoms with Gasteiger partial charge in [0, 0.05) is 26.9 Å². The number of carbonyl (C=O) groups excluding carboxylic acids is 5. The normalized spacial score (nSPS) is 13.4. The van der Waals surface area contributed by atoms with E-state index >= 15 is 0 Å². The summed E-state index contributed by atoms with van der Waals surface area (Å²) in [4.78, 5) is 87.7. The lowest BCUT2D eigenvalue weighted by atomic mass is 10.0. The third-order valence-corrected chi connectivity index (χ3v) is 6.33.